The van der Waals surface area contributed by atoms with Crippen LogP contribution in [-0.4, -0.2) is 45.5 Å². The summed E-state index contributed by atoms with van der Waals surface area (Å²) in [6.45, 7) is 2.30. The van der Waals surface area contributed by atoms with Crippen LogP contribution in [-0.2, 0) is 4.79 Å². The van der Waals surface area contributed by atoms with E-state index >= 15 is 0 Å². The van der Waals surface area contributed by atoms with Crippen LogP contribution in [0.3, 0.4) is 0 Å². The minimum Gasteiger partial charge on any atom is -0.496 e. The third-order valence-corrected chi connectivity index (χ3v) is 6.62. The maximum absolute atomic E-state index is 13.4. The van der Waals surface area contributed by atoms with Crippen LogP contribution in [0.1, 0.15) is 38.8 Å². The van der Waals surface area contributed by atoms with Crippen molar-refractivity contribution in [3.63, 3.8) is 0 Å². The summed E-state index contributed by atoms with van der Waals surface area (Å²) in [5, 5.41) is 5.52. The number of hydrogen-bond acceptors (Lipinski definition) is 7. The average molecular weight is 607 g/mol. The number of ketones is 1. The van der Waals surface area contributed by atoms with Crippen molar-refractivity contribution in [1.82, 2.24) is 5.32 Å². The summed E-state index contributed by atoms with van der Waals surface area (Å²) >= 11 is 0. The number of hydrogen-bond donors (Lipinski definition) is 2. The molecule has 45 heavy (non-hydrogen) atoms. The lowest BCUT2D eigenvalue weighted by atomic mass is 10.1. The number of benzene rings is 4. The molecule has 9 heteroatoms. The monoisotopic (exact) mass is 606 g/mol. The molecule has 4 rings (SSSR count). The van der Waals surface area contributed by atoms with E-state index in [0.717, 1.165) is 0 Å². The van der Waals surface area contributed by atoms with Gasteiger partial charge in [-0.25, -0.2) is 0 Å². The number of anilines is 1. The molecule has 0 spiro atoms. The molecular weight excluding hydrogens is 572 g/mol. The van der Waals surface area contributed by atoms with Crippen LogP contribution in [0, 0.1) is 0 Å². The molecule has 4 aromatic rings. The molecule has 0 fully saturated rings. The van der Waals surface area contributed by atoms with Gasteiger partial charge >= 0.3 is 0 Å². The van der Waals surface area contributed by atoms with E-state index in [1.807, 2.05) is 19.1 Å². The largest absolute Gasteiger partial charge is 0.496 e. The topological polar surface area (TPSA) is 112 Å². The van der Waals surface area contributed by atoms with Crippen molar-refractivity contribution < 1.29 is 33.3 Å². The Morgan fingerprint density at radius 2 is 1.33 bits per heavy atom. The number of para-hydroxylation sites is 1. The summed E-state index contributed by atoms with van der Waals surface area (Å²) < 4.78 is 21.8. The Kier molecular flexibility index (Phi) is 11.1. The van der Waals surface area contributed by atoms with E-state index in [0.29, 0.717) is 57.5 Å². The lowest BCUT2D eigenvalue weighted by molar-refractivity contribution is -0.113. The molecule has 9 nitrogen and oxygen atoms in total. The fourth-order valence-electron chi connectivity index (χ4n) is 4.35. The van der Waals surface area contributed by atoms with Gasteiger partial charge in [-0.2, -0.15) is 0 Å². The number of carbonyl (C=O) groups excluding carboxylic acids is 3. The predicted octanol–water partition coefficient (Wildman–Crippen LogP) is 6.42. The fraction of sp³-hybridized carbons (Fsp3) is 0.139. The van der Waals surface area contributed by atoms with E-state index in [4.69, 9.17) is 18.9 Å². The zero-order valence-electron chi connectivity index (χ0n) is 25.5. The average Bonchev–Trinajstić information content (AvgIpc) is 3.07. The van der Waals surface area contributed by atoms with Gasteiger partial charge < -0.3 is 29.6 Å². The second-order valence-corrected chi connectivity index (χ2v) is 9.53. The van der Waals surface area contributed by atoms with Gasteiger partial charge in [0.05, 0.1) is 27.9 Å². The molecule has 0 atom stereocenters. The van der Waals surface area contributed by atoms with E-state index in [1.165, 1.54) is 27.4 Å². The summed E-state index contributed by atoms with van der Waals surface area (Å²) in [4.78, 5) is 39.4. The van der Waals surface area contributed by atoms with Gasteiger partial charge in [-0.3, -0.25) is 14.4 Å². The molecule has 2 amide bonds. The Hall–Kier alpha value is -5.83. The molecule has 0 radical (unpaired) electrons. The summed E-state index contributed by atoms with van der Waals surface area (Å²) in [5.41, 5.74) is 2.51. The third kappa shape index (κ3) is 8.39. The highest BCUT2D eigenvalue weighted by atomic mass is 16.5. The maximum atomic E-state index is 13.4. The Morgan fingerprint density at radius 1 is 0.689 bits per heavy atom. The van der Waals surface area contributed by atoms with E-state index in [2.05, 4.69) is 10.6 Å². The van der Waals surface area contributed by atoms with Crippen LogP contribution < -0.4 is 29.6 Å². The highest BCUT2D eigenvalue weighted by Crippen LogP contribution is 2.35. The zero-order valence-corrected chi connectivity index (χ0v) is 25.5. The molecule has 0 unspecified atom stereocenters. The Morgan fingerprint density at radius 3 is 2.00 bits per heavy atom. The van der Waals surface area contributed by atoms with Gasteiger partial charge in [0.15, 0.2) is 17.3 Å². The van der Waals surface area contributed by atoms with Gasteiger partial charge in [0.1, 0.15) is 17.2 Å². The van der Waals surface area contributed by atoms with Gasteiger partial charge in [-0.1, -0.05) is 36.4 Å². The Balaban J connectivity index is 1.53. The van der Waals surface area contributed by atoms with Crippen molar-refractivity contribution in [3.05, 3.63) is 125 Å². The summed E-state index contributed by atoms with van der Waals surface area (Å²) in [5.74, 6) is 0.845. The molecule has 0 bridgehead atoms. The standard InChI is InChI=1S/C36H34N2O7/c1-5-45-31-14-10-9-13-26(31)21-29(38-35(40)25-11-7-6-8-12-25)36(41)37-28-18-15-24(16-19-28)30(39)20-17-27-22-33(43-3)34(44-4)23-32(27)42-2/h6-23H,5H2,1-4H3,(H,37,41)(H,38,40)/b20-17+,29-21-. The van der Waals surface area contributed by atoms with Crippen molar-refractivity contribution in [1.29, 1.82) is 0 Å². The van der Waals surface area contributed by atoms with Crippen molar-refractivity contribution in [2.45, 2.75) is 6.92 Å². The molecular formula is C36H34N2O7. The zero-order chi connectivity index (χ0) is 32.2. The first-order chi connectivity index (χ1) is 21.9. The first-order valence-electron chi connectivity index (χ1n) is 14.1. The molecule has 0 aliphatic carbocycles. The van der Waals surface area contributed by atoms with E-state index < -0.39 is 11.8 Å². The minimum atomic E-state index is -0.551. The fourth-order valence-corrected chi connectivity index (χ4v) is 4.35. The first kappa shape index (κ1) is 32.1. The SMILES string of the molecule is CCOc1ccccc1/C=C(\NC(=O)c1ccccc1)C(=O)Nc1ccc(C(=O)/C=C/c2cc(OC)c(OC)cc2OC)cc1. The van der Waals surface area contributed by atoms with Crippen molar-refractivity contribution in [2.75, 3.05) is 33.3 Å². The Bertz CT molecular complexity index is 1710. The van der Waals surface area contributed by atoms with E-state index in [-0.39, 0.29) is 11.5 Å². The summed E-state index contributed by atoms with van der Waals surface area (Å²) in [6, 6.07) is 25.6. The lowest BCUT2D eigenvalue weighted by Crippen LogP contribution is -2.30. The highest BCUT2D eigenvalue weighted by molar-refractivity contribution is 6.11. The van der Waals surface area contributed by atoms with Crippen LogP contribution in [0.5, 0.6) is 23.0 Å². The number of ether oxygens (including phenoxy) is 4. The van der Waals surface area contributed by atoms with Crippen molar-refractivity contribution >= 4 is 35.4 Å². The summed E-state index contributed by atoms with van der Waals surface area (Å²) in [6.07, 6.45) is 4.62. The smallest absolute Gasteiger partial charge is 0.272 e. The molecule has 0 saturated carbocycles. The number of amides is 2. The maximum Gasteiger partial charge on any atom is 0.272 e. The van der Waals surface area contributed by atoms with Gasteiger partial charge in [0.25, 0.3) is 11.8 Å². The van der Waals surface area contributed by atoms with Crippen molar-refractivity contribution in [2.24, 2.45) is 0 Å². The number of nitrogens with one attached hydrogen (secondary N) is 2. The first-order valence-corrected chi connectivity index (χ1v) is 14.1. The van der Waals surface area contributed by atoms with Crippen LogP contribution in [0.2, 0.25) is 0 Å². The van der Waals surface area contributed by atoms with E-state index in [9.17, 15) is 14.4 Å². The predicted molar refractivity (Wildman–Crippen MR) is 174 cm³/mol. The van der Waals surface area contributed by atoms with Crippen LogP contribution >= 0.6 is 0 Å². The van der Waals surface area contributed by atoms with Crippen molar-refractivity contribution in [3.8, 4) is 23.0 Å². The quantitative estimate of drug-likeness (QED) is 0.134. The molecule has 2 N–H and O–H groups in total. The number of methoxy groups -OCH3 is 3. The van der Waals surface area contributed by atoms with Gasteiger partial charge in [-0.15, -0.1) is 0 Å². The Labute approximate surface area is 262 Å². The van der Waals surface area contributed by atoms with Gasteiger partial charge in [0.2, 0.25) is 0 Å². The molecule has 0 saturated heterocycles. The molecule has 4 aromatic carbocycles. The lowest BCUT2D eigenvalue weighted by Gasteiger charge is -2.13. The molecule has 0 aromatic heterocycles. The molecule has 0 heterocycles. The highest BCUT2D eigenvalue weighted by Gasteiger charge is 2.17. The van der Waals surface area contributed by atoms with Gasteiger partial charge in [0, 0.05) is 34.0 Å². The van der Waals surface area contributed by atoms with Gasteiger partial charge in [-0.05, 0) is 73.7 Å². The normalized spacial score (nSPS) is 11.1. The number of carbonyl (C=O) groups is 3. The van der Waals surface area contributed by atoms with Crippen LogP contribution in [0.15, 0.2) is 103 Å². The summed E-state index contributed by atoms with van der Waals surface area (Å²) in [7, 11) is 4.58. The van der Waals surface area contributed by atoms with Crippen LogP contribution in [0.25, 0.3) is 12.2 Å². The number of allylic oxidation sites excluding steroid dienone is 1. The number of rotatable bonds is 13. The molecule has 230 valence electrons. The second kappa shape index (κ2) is 15.6. The second-order valence-electron chi connectivity index (χ2n) is 9.53. The molecule has 0 aliphatic rings. The van der Waals surface area contributed by atoms with Crippen LogP contribution in [0.4, 0.5) is 5.69 Å². The molecule has 0 aliphatic heterocycles. The minimum absolute atomic E-state index is 0.0166. The van der Waals surface area contributed by atoms with E-state index in [1.54, 1.807) is 91.0 Å². The third-order valence-electron chi connectivity index (χ3n) is 6.62.